The summed E-state index contributed by atoms with van der Waals surface area (Å²) in [5, 5.41) is 9.73. The molecule has 0 saturated heterocycles. The number of rotatable bonds is 6. The molecule has 0 amide bonds. The minimum atomic E-state index is -0.0133. The van der Waals surface area contributed by atoms with Gasteiger partial charge in [-0.1, -0.05) is 17.7 Å². The largest absolute Gasteiger partial charge is 0.392 e. The van der Waals surface area contributed by atoms with Crippen LogP contribution in [0.2, 0.25) is 5.02 Å². The van der Waals surface area contributed by atoms with E-state index in [9.17, 15) is 0 Å². The zero-order valence-electron chi connectivity index (χ0n) is 10.0. The first-order valence-electron chi connectivity index (χ1n) is 5.91. The normalized spacial score (nSPS) is 15.0. The molecule has 1 fully saturated rings. The molecule has 1 aliphatic carbocycles. The smallest absolute Gasteiger partial charge is 0.0696 e. The van der Waals surface area contributed by atoms with Crippen molar-refractivity contribution in [2.75, 3.05) is 25.2 Å². The van der Waals surface area contributed by atoms with Crippen LogP contribution in [0.1, 0.15) is 18.4 Å². The van der Waals surface area contributed by atoms with Gasteiger partial charge in [0.15, 0.2) is 0 Å². The Kier molecular flexibility index (Phi) is 4.26. The third-order valence-corrected chi connectivity index (χ3v) is 3.41. The van der Waals surface area contributed by atoms with Crippen LogP contribution in [-0.2, 0) is 11.3 Å². The van der Waals surface area contributed by atoms with Crippen LogP contribution in [0.4, 0.5) is 5.69 Å². The fraction of sp³-hybridized carbons (Fsp3) is 0.538. The van der Waals surface area contributed by atoms with E-state index >= 15 is 0 Å². The Labute approximate surface area is 107 Å². The van der Waals surface area contributed by atoms with Gasteiger partial charge in [0.2, 0.25) is 0 Å². The average Bonchev–Trinajstić information content (AvgIpc) is 3.14. The van der Waals surface area contributed by atoms with Crippen molar-refractivity contribution in [3.05, 3.63) is 28.8 Å². The van der Waals surface area contributed by atoms with E-state index in [2.05, 4.69) is 4.90 Å². The van der Waals surface area contributed by atoms with Crippen molar-refractivity contribution in [1.29, 1.82) is 0 Å². The fourth-order valence-corrected chi connectivity index (χ4v) is 2.18. The van der Waals surface area contributed by atoms with Gasteiger partial charge in [0.25, 0.3) is 0 Å². The SMILES string of the molecule is COCCN(c1ccc(CO)c(Cl)c1)C1CC1. The molecule has 1 N–H and O–H groups in total. The van der Waals surface area contributed by atoms with E-state index in [4.69, 9.17) is 21.4 Å². The van der Waals surface area contributed by atoms with Crippen LogP contribution < -0.4 is 4.90 Å². The number of anilines is 1. The zero-order chi connectivity index (χ0) is 12.3. The van der Waals surface area contributed by atoms with Gasteiger partial charge in [-0.2, -0.15) is 0 Å². The number of halogens is 1. The second-order valence-electron chi connectivity index (χ2n) is 4.35. The predicted molar refractivity (Wildman–Crippen MR) is 69.6 cm³/mol. The van der Waals surface area contributed by atoms with Gasteiger partial charge in [-0.25, -0.2) is 0 Å². The molecule has 17 heavy (non-hydrogen) atoms. The van der Waals surface area contributed by atoms with Gasteiger partial charge >= 0.3 is 0 Å². The molecule has 0 radical (unpaired) electrons. The Bertz CT molecular complexity index is 380. The molecular formula is C13H18ClNO2. The van der Waals surface area contributed by atoms with Gasteiger partial charge in [0, 0.05) is 30.4 Å². The van der Waals surface area contributed by atoms with Crippen LogP contribution in [0.15, 0.2) is 18.2 Å². The summed E-state index contributed by atoms with van der Waals surface area (Å²) in [4.78, 5) is 2.33. The highest BCUT2D eigenvalue weighted by Crippen LogP contribution is 2.33. The summed E-state index contributed by atoms with van der Waals surface area (Å²) in [6.07, 6.45) is 2.48. The molecular weight excluding hydrogens is 238 g/mol. The lowest BCUT2D eigenvalue weighted by atomic mass is 10.2. The molecule has 1 aliphatic rings. The minimum Gasteiger partial charge on any atom is -0.392 e. The third kappa shape index (κ3) is 3.12. The maximum atomic E-state index is 9.09. The van der Waals surface area contributed by atoms with Crippen molar-refractivity contribution in [2.45, 2.75) is 25.5 Å². The van der Waals surface area contributed by atoms with Crippen molar-refractivity contribution in [3.8, 4) is 0 Å². The van der Waals surface area contributed by atoms with Gasteiger partial charge in [0.05, 0.1) is 13.2 Å². The minimum absolute atomic E-state index is 0.0133. The zero-order valence-corrected chi connectivity index (χ0v) is 10.8. The van der Waals surface area contributed by atoms with Crippen LogP contribution in [-0.4, -0.2) is 31.4 Å². The number of aliphatic hydroxyl groups is 1. The topological polar surface area (TPSA) is 32.7 Å². The highest BCUT2D eigenvalue weighted by molar-refractivity contribution is 6.31. The van der Waals surface area contributed by atoms with Gasteiger partial charge in [-0.05, 0) is 30.5 Å². The van der Waals surface area contributed by atoms with Gasteiger partial charge in [-0.3, -0.25) is 0 Å². The average molecular weight is 256 g/mol. The molecule has 0 aliphatic heterocycles. The molecule has 3 nitrogen and oxygen atoms in total. The molecule has 0 bridgehead atoms. The number of methoxy groups -OCH3 is 1. The molecule has 0 atom stereocenters. The quantitative estimate of drug-likeness (QED) is 0.848. The Morgan fingerprint density at radius 2 is 2.24 bits per heavy atom. The second-order valence-corrected chi connectivity index (χ2v) is 4.76. The Balaban J connectivity index is 2.14. The molecule has 0 spiro atoms. The maximum Gasteiger partial charge on any atom is 0.0696 e. The number of hydrogen-bond acceptors (Lipinski definition) is 3. The summed E-state index contributed by atoms with van der Waals surface area (Å²) in [6.45, 7) is 1.59. The first-order valence-corrected chi connectivity index (χ1v) is 6.29. The first kappa shape index (κ1) is 12.7. The van der Waals surface area contributed by atoms with Crippen molar-refractivity contribution in [2.24, 2.45) is 0 Å². The number of aliphatic hydroxyl groups excluding tert-OH is 1. The standard InChI is InChI=1S/C13H18ClNO2/c1-17-7-6-15(11-4-5-11)12-3-2-10(9-16)13(14)8-12/h2-3,8,11,16H,4-7,9H2,1H3. The summed E-state index contributed by atoms with van der Waals surface area (Å²) in [7, 11) is 1.72. The van der Waals surface area contributed by atoms with E-state index in [1.54, 1.807) is 7.11 Å². The monoisotopic (exact) mass is 255 g/mol. The highest BCUT2D eigenvalue weighted by atomic mass is 35.5. The van der Waals surface area contributed by atoms with Crippen LogP contribution in [0.3, 0.4) is 0 Å². The van der Waals surface area contributed by atoms with E-state index < -0.39 is 0 Å². The second kappa shape index (κ2) is 5.71. The van der Waals surface area contributed by atoms with Crippen LogP contribution in [0, 0.1) is 0 Å². The summed E-state index contributed by atoms with van der Waals surface area (Å²) >= 11 is 6.11. The number of nitrogens with zero attached hydrogens (tertiary/aromatic N) is 1. The molecule has 0 unspecified atom stereocenters. The lowest BCUT2D eigenvalue weighted by Gasteiger charge is -2.24. The summed E-state index contributed by atoms with van der Waals surface area (Å²) in [6, 6.07) is 6.47. The summed E-state index contributed by atoms with van der Waals surface area (Å²) < 4.78 is 5.13. The third-order valence-electron chi connectivity index (χ3n) is 3.06. The molecule has 0 heterocycles. The van der Waals surface area contributed by atoms with Crippen molar-refractivity contribution >= 4 is 17.3 Å². The summed E-state index contributed by atoms with van der Waals surface area (Å²) in [5.74, 6) is 0. The van der Waals surface area contributed by atoms with E-state index in [-0.39, 0.29) is 6.61 Å². The van der Waals surface area contributed by atoms with E-state index in [1.807, 2.05) is 18.2 Å². The van der Waals surface area contributed by atoms with Crippen molar-refractivity contribution in [1.82, 2.24) is 0 Å². The van der Waals surface area contributed by atoms with Crippen LogP contribution >= 0.6 is 11.6 Å². The highest BCUT2D eigenvalue weighted by Gasteiger charge is 2.29. The number of hydrogen-bond donors (Lipinski definition) is 1. The van der Waals surface area contributed by atoms with Crippen LogP contribution in [0.5, 0.6) is 0 Å². The Morgan fingerprint density at radius 3 is 2.76 bits per heavy atom. The first-order chi connectivity index (χ1) is 8.26. The van der Waals surface area contributed by atoms with Crippen molar-refractivity contribution in [3.63, 3.8) is 0 Å². The molecule has 1 aromatic rings. The summed E-state index contributed by atoms with van der Waals surface area (Å²) in [5.41, 5.74) is 1.89. The number of ether oxygens (including phenoxy) is 1. The van der Waals surface area contributed by atoms with Crippen LogP contribution in [0.25, 0.3) is 0 Å². The van der Waals surface area contributed by atoms with Gasteiger partial charge in [-0.15, -0.1) is 0 Å². The molecule has 94 valence electrons. The molecule has 1 saturated carbocycles. The Morgan fingerprint density at radius 1 is 1.47 bits per heavy atom. The molecule has 1 aromatic carbocycles. The Hall–Kier alpha value is -0.770. The van der Waals surface area contributed by atoms with Crippen molar-refractivity contribution < 1.29 is 9.84 Å². The lowest BCUT2D eigenvalue weighted by Crippen LogP contribution is -2.29. The lowest BCUT2D eigenvalue weighted by molar-refractivity contribution is 0.205. The van der Waals surface area contributed by atoms with E-state index in [0.717, 1.165) is 24.4 Å². The van der Waals surface area contributed by atoms with Gasteiger partial charge < -0.3 is 14.7 Å². The predicted octanol–water partition coefficient (Wildman–Crippen LogP) is 2.45. The molecule has 0 aromatic heterocycles. The van der Waals surface area contributed by atoms with E-state index in [0.29, 0.717) is 11.1 Å². The maximum absolute atomic E-state index is 9.09. The fourth-order valence-electron chi connectivity index (χ4n) is 1.94. The van der Waals surface area contributed by atoms with E-state index in [1.165, 1.54) is 12.8 Å². The van der Waals surface area contributed by atoms with Gasteiger partial charge in [0.1, 0.15) is 0 Å². The molecule has 4 heteroatoms. The molecule has 2 rings (SSSR count). The number of benzene rings is 1.